The van der Waals surface area contributed by atoms with Gasteiger partial charge in [0, 0.05) is 45.1 Å². The highest BCUT2D eigenvalue weighted by atomic mass is 16.2. The molecule has 7 heteroatoms. The van der Waals surface area contributed by atoms with E-state index in [1.165, 1.54) is 0 Å². The molecule has 126 valence electrons. The number of nitrogens with zero attached hydrogens (tertiary/aromatic N) is 4. The van der Waals surface area contributed by atoms with E-state index in [0.29, 0.717) is 32.7 Å². The molecule has 1 aliphatic heterocycles. The second-order valence-electron chi connectivity index (χ2n) is 6.23. The molecular weight excluding hydrogens is 294 g/mol. The van der Waals surface area contributed by atoms with Crippen LogP contribution < -0.4 is 5.73 Å². The first-order valence-electron chi connectivity index (χ1n) is 7.79. The average Bonchev–Trinajstić information content (AvgIpc) is 2.70. The molecule has 0 spiro atoms. The van der Waals surface area contributed by atoms with Crippen LogP contribution in [-0.4, -0.2) is 78.3 Å². The van der Waals surface area contributed by atoms with Crippen LogP contribution in [0.15, 0.2) is 24.5 Å². The predicted molar refractivity (Wildman–Crippen MR) is 87.3 cm³/mol. The lowest BCUT2D eigenvalue weighted by Gasteiger charge is -2.25. The van der Waals surface area contributed by atoms with Gasteiger partial charge in [0.2, 0.25) is 11.8 Å². The highest BCUT2D eigenvalue weighted by Gasteiger charge is 2.27. The Morgan fingerprint density at radius 1 is 1.39 bits per heavy atom. The van der Waals surface area contributed by atoms with Crippen molar-refractivity contribution in [3.63, 3.8) is 0 Å². The summed E-state index contributed by atoms with van der Waals surface area (Å²) in [6.45, 7) is 3.35. The molecule has 1 atom stereocenters. The smallest absolute Gasteiger partial charge is 0.236 e. The van der Waals surface area contributed by atoms with Gasteiger partial charge in [-0.15, -0.1) is 0 Å². The van der Waals surface area contributed by atoms with Crippen LogP contribution in [-0.2, 0) is 16.1 Å². The van der Waals surface area contributed by atoms with Crippen molar-refractivity contribution in [2.24, 2.45) is 11.7 Å². The van der Waals surface area contributed by atoms with Crippen molar-refractivity contribution in [1.29, 1.82) is 0 Å². The van der Waals surface area contributed by atoms with Crippen LogP contribution in [0.4, 0.5) is 0 Å². The van der Waals surface area contributed by atoms with E-state index in [1.807, 2.05) is 36.0 Å². The van der Waals surface area contributed by atoms with Gasteiger partial charge in [-0.2, -0.15) is 0 Å². The molecule has 23 heavy (non-hydrogen) atoms. The molecule has 1 aliphatic rings. The van der Waals surface area contributed by atoms with Gasteiger partial charge in [0.05, 0.1) is 12.5 Å². The largest absolute Gasteiger partial charge is 0.369 e. The van der Waals surface area contributed by atoms with E-state index in [0.717, 1.165) is 12.1 Å². The van der Waals surface area contributed by atoms with Crippen molar-refractivity contribution in [3.8, 4) is 0 Å². The van der Waals surface area contributed by atoms with Gasteiger partial charge in [-0.25, -0.2) is 0 Å². The molecule has 7 nitrogen and oxygen atoms in total. The molecule has 1 aromatic rings. The molecule has 2 amide bonds. The van der Waals surface area contributed by atoms with Crippen molar-refractivity contribution >= 4 is 11.8 Å². The Labute approximate surface area is 137 Å². The Kier molecular flexibility index (Phi) is 6.06. The van der Waals surface area contributed by atoms with Gasteiger partial charge in [0.1, 0.15) is 0 Å². The van der Waals surface area contributed by atoms with Crippen LogP contribution in [0.1, 0.15) is 5.56 Å². The van der Waals surface area contributed by atoms with Crippen molar-refractivity contribution in [2.45, 2.75) is 6.54 Å². The Bertz CT molecular complexity index is 537. The van der Waals surface area contributed by atoms with Crippen LogP contribution in [0.2, 0.25) is 0 Å². The lowest BCUT2D eigenvalue weighted by molar-refractivity contribution is -0.133. The summed E-state index contributed by atoms with van der Waals surface area (Å²) < 4.78 is 0. The zero-order valence-electron chi connectivity index (χ0n) is 13.8. The first-order chi connectivity index (χ1) is 11.0. The maximum atomic E-state index is 12.5. The molecular formula is C16H25N5O2. The Hall–Kier alpha value is -1.99. The van der Waals surface area contributed by atoms with E-state index in [2.05, 4.69) is 4.98 Å². The Morgan fingerprint density at radius 3 is 2.83 bits per heavy atom. The molecule has 0 radical (unpaired) electrons. The molecule has 2 rings (SSSR count). The molecule has 0 aromatic carbocycles. The maximum absolute atomic E-state index is 12.5. The highest BCUT2D eigenvalue weighted by molar-refractivity contribution is 5.81. The molecule has 2 heterocycles. The predicted octanol–water partition coefficient (Wildman–Crippen LogP) is -0.611. The maximum Gasteiger partial charge on any atom is 0.236 e. The number of carbonyl (C=O) groups excluding carboxylic acids is 2. The van der Waals surface area contributed by atoms with Crippen LogP contribution in [0.5, 0.6) is 0 Å². The van der Waals surface area contributed by atoms with E-state index in [-0.39, 0.29) is 17.7 Å². The molecule has 0 saturated carbocycles. The number of aromatic nitrogens is 1. The summed E-state index contributed by atoms with van der Waals surface area (Å²) in [6, 6.07) is 3.87. The van der Waals surface area contributed by atoms with E-state index >= 15 is 0 Å². The van der Waals surface area contributed by atoms with Gasteiger partial charge in [-0.05, 0) is 25.7 Å². The normalized spacial score (nSPS) is 19.6. The van der Waals surface area contributed by atoms with Crippen LogP contribution in [0.3, 0.4) is 0 Å². The summed E-state index contributed by atoms with van der Waals surface area (Å²) in [4.78, 5) is 33.9. The molecule has 1 aromatic heterocycles. The molecule has 1 saturated heterocycles. The monoisotopic (exact) mass is 319 g/mol. The number of hydrogen-bond acceptors (Lipinski definition) is 5. The summed E-state index contributed by atoms with van der Waals surface area (Å²) in [5, 5.41) is 0. The van der Waals surface area contributed by atoms with Crippen LogP contribution in [0.25, 0.3) is 0 Å². The summed E-state index contributed by atoms with van der Waals surface area (Å²) in [5.74, 6) is -0.631. The summed E-state index contributed by atoms with van der Waals surface area (Å²) in [7, 11) is 3.85. The lowest BCUT2D eigenvalue weighted by atomic mass is 10.1. The molecule has 1 unspecified atom stereocenters. The molecule has 0 bridgehead atoms. The summed E-state index contributed by atoms with van der Waals surface area (Å²) in [5.41, 5.74) is 6.51. The van der Waals surface area contributed by atoms with E-state index in [9.17, 15) is 9.59 Å². The lowest BCUT2D eigenvalue weighted by Crippen LogP contribution is -2.44. The number of nitrogens with two attached hydrogens (primary N) is 1. The minimum absolute atomic E-state index is 0.0259. The van der Waals surface area contributed by atoms with Crippen LogP contribution >= 0.6 is 0 Å². The van der Waals surface area contributed by atoms with Gasteiger partial charge in [-0.3, -0.25) is 19.5 Å². The minimum Gasteiger partial charge on any atom is -0.369 e. The zero-order valence-corrected chi connectivity index (χ0v) is 13.8. The third-order valence-corrected chi connectivity index (χ3v) is 4.06. The molecule has 2 N–H and O–H groups in total. The third-order valence-electron chi connectivity index (χ3n) is 4.06. The summed E-state index contributed by atoms with van der Waals surface area (Å²) in [6.07, 6.45) is 3.53. The van der Waals surface area contributed by atoms with Gasteiger partial charge < -0.3 is 15.5 Å². The number of primary amides is 1. The number of amides is 2. The van der Waals surface area contributed by atoms with E-state index in [1.54, 1.807) is 17.3 Å². The first-order valence-corrected chi connectivity index (χ1v) is 7.79. The molecule has 0 aliphatic carbocycles. The first kappa shape index (κ1) is 17.4. The number of pyridine rings is 1. The van der Waals surface area contributed by atoms with Gasteiger partial charge in [0.15, 0.2) is 0 Å². The highest BCUT2D eigenvalue weighted by Crippen LogP contribution is 2.09. The minimum atomic E-state index is -0.347. The fourth-order valence-corrected chi connectivity index (χ4v) is 2.77. The van der Waals surface area contributed by atoms with E-state index < -0.39 is 0 Å². The summed E-state index contributed by atoms with van der Waals surface area (Å²) >= 11 is 0. The fourth-order valence-electron chi connectivity index (χ4n) is 2.77. The standard InChI is InChI=1S/C16H25N5O2/c1-19-6-7-21(11-14(10-19)16(17)23)15(22)12-20(2)9-13-4-3-5-18-8-13/h3-5,8,14H,6-7,9-12H2,1-2H3,(H2,17,23). The second kappa shape index (κ2) is 8.03. The van der Waals surface area contributed by atoms with Crippen LogP contribution in [0, 0.1) is 5.92 Å². The van der Waals surface area contributed by atoms with Crippen molar-refractivity contribution in [2.75, 3.05) is 46.8 Å². The zero-order chi connectivity index (χ0) is 16.8. The number of rotatable bonds is 5. The van der Waals surface area contributed by atoms with Gasteiger partial charge in [-0.1, -0.05) is 6.07 Å². The number of likely N-dealkylation sites (N-methyl/N-ethyl adjacent to an activating group) is 2. The van der Waals surface area contributed by atoms with Gasteiger partial charge in [0.25, 0.3) is 0 Å². The molecule has 1 fully saturated rings. The Morgan fingerprint density at radius 2 is 2.17 bits per heavy atom. The van der Waals surface area contributed by atoms with E-state index in [4.69, 9.17) is 5.73 Å². The average molecular weight is 319 g/mol. The quantitative estimate of drug-likeness (QED) is 0.783. The van der Waals surface area contributed by atoms with Crippen molar-refractivity contribution in [3.05, 3.63) is 30.1 Å². The van der Waals surface area contributed by atoms with Crippen molar-refractivity contribution < 1.29 is 9.59 Å². The van der Waals surface area contributed by atoms with Gasteiger partial charge >= 0.3 is 0 Å². The third kappa shape index (κ3) is 5.30. The number of carbonyl (C=O) groups is 2. The van der Waals surface area contributed by atoms with Crippen molar-refractivity contribution in [1.82, 2.24) is 19.7 Å². The fraction of sp³-hybridized carbons (Fsp3) is 0.562. The second-order valence-corrected chi connectivity index (χ2v) is 6.23. The number of hydrogen-bond donors (Lipinski definition) is 1. The SMILES string of the molecule is CN(CC(=O)N1CCN(C)CC(C(N)=O)C1)Cc1cccnc1. The Balaban J connectivity index is 1.92. The topological polar surface area (TPSA) is 82.8 Å².